The lowest BCUT2D eigenvalue weighted by Gasteiger charge is -2.22. The Morgan fingerprint density at radius 2 is 1.60 bits per heavy atom. The highest BCUT2D eigenvalue weighted by Gasteiger charge is 2.26. The second-order valence-corrected chi connectivity index (χ2v) is 10.6. The monoisotopic (exact) mass is 554 g/mol. The highest BCUT2D eigenvalue weighted by atomic mass is 16.6. The number of benzene rings is 2. The summed E-state index contributed by atoms with van der Waals surface area (Å²) >= 11 is 0. The van der Waals surface area contributed by atoms with Crippen LogP contribution in [0.2, 0.25) is 0 Å². The molecule has 0 aromatic heterocycles. The van der Waals surface area contributed by atoms with Crippen LogP contribution >= 0.6 is 0 Å². The highest BCUT2D eigenvalue weighted by molar-refractivity contribution is 6.01. The van der Waals surface area contributed by atoms with Crippen molar-refractivity contribution in [3.05, 3.63) is 54.1 Å². The number of anilines is 1. The maximum absolute atomic E-state index is 13.1. The van der Waals surface area contributed by atoms with Gasteiger partial charge in [0.25, 0.3) is 0 Å². The van der Waals surface area contributed by atoms with E-state index >= 15 is 0 Å². The van der Waals surface area contributed by atoms with Gasteiger partial charge >= 0.3 is 5.97 Å². The molecule has 0 bridgehead atoms. The normalized spacial score (nSPS) is 12.1. The summed E-state index contributed by atoms with van der Waals surface area (Å²) in [7, 11) is 0. The molecule has 2 aromatic rings. The van der Waals surface area contributed by atoms with Crippen LogP contribution in [-0.2, 0) is 19.1 Å². The summed E-state index contributed by atoms with van der Waals surface area (Å²) in [5, 5.41) is 24.3. The Balaban J connectivity index is 1.99. The van der Waals surface area contributed by atoms with Crippen LogP contribution in [0.5, 0.6) is 17.2 Å². The van der Waals surface area contributed by atoms with Crippen molar-refractivity contribution in [1.82, 2.24) is 5.32 Å². The van der Waals surface area contributed by atoms with E-state index < -0.39 is 29.4 Å². The maximum Gasteiger partial charge on any atom is 0.308 e. The van der Waals surface area contributed by atoms with Gasteiger partial charge in [-0.1, -0.05) is 45.1 Å². The summed E-state index contributed by atoms with van der Waals surface area (Å²) in [4.78, 5) is 38.1. The van der Waals surface area contributed by atoms with Crippen LogP contribution in [-0.4, -0.2) is 46.2 Å². The number of nitrogens with one attached hydrogen (secondary N) is 2. The molecule has 1 atom stereocenters. The first-order valence-corrected chi connectivity index (χ1v) is 13.7. The Bertz CT molecular complexity index is 1140. The van der Waals surface area contributed by atoms with E-state index in [0.29, 0.717) is 23.6 Å². The second-order valence-electron chi connectivity index (χ2n) is 10.6. The average Bonchev–Trinajstić information content (AvgIpc) is 2.88. The lowest BCUT2D eigenvalue weighted by Crippen LogP contribution is -2.45. The Morgan fingerprint density at radius 3 is 2.25 bits per heavy atom. The third-order valence-electron chi connectivity index (χ3n) is 5.74. The van der Waals surface area contributed by atoms with Crippen molar-refractivity contribution < 1.29 is 34.1 Å². The number of amides is 2. The Labute approximate surface area is 236 Å². The molecule has 0 spiro atoms. The molecule has 40 heavy (non-hydrogen) atoms. The van der Waals surface area contributed by atoms with Crippen LogP contribution in [0.3, 0.4) is 0 Å². The number of hydrogen-bond donors (Lipinski definition) is 4. The minimum absolute atomic E-state index is 0.284. The summed E-state index contributed by atoms with van der Waals surface area (Å²) in [5.74, 6) is -1.78. The van der Waals surface area contributed by atoms with E-state index in [2.05, 4.69) is 17.6 Å². The minimum atomic E-state index is -1.20. The standard InChI is InChI=1S/C31H42N2O7/c1-5-6-7-8-9-10-19-39-24-15-13-23(14-16-24)32-30(38)25(21-29(37)40-31(2,3)4)33-28(36)18-12-22-11-17-26(34)27(35)20-22/h11-18,20,25,34-35H,5-10,19,21H2,1-4H3,(H,32,38)(H,33,36)/b18-12+. The SMILES string of the molecule is CCCCCCCCOc1ccc(NC(=O)C(CC(=O)OC(C)(C)C)NC(=O)/C=C/c2ccc(O)c(O)c2)cc1. The average molecular weight is 555 g/mol. The van der Waals surface area contributed by atoms with Crippen molar-refractivity contribution in [2.75, 3.05) is 11.9 Å². The minimum Gasteiger partial charge on any atom is -0.504 e. The van der Waals surface area contributed by atoms with Gasteiger partial charge in [-0.05, 0) is 75.2 Å². The van der Waals surface area contributed by atoms with Crippen LogP contribution in [0.15, 0.2) is 48.5 Å². The smallest absolute Gasteiger partial charge is 0.308 e. The predicted molar refractivity (Wildman–Crippen MR) is 155 cm³/mol. The molecule has 2 amide bonds. The predicted octanol–water partition coefficient (Wildman–Crippen LogP) is 5.71. The van der Waals surface area contributed by atoms with E-state index in [1.165, 1.54) is 50.0 Å². The van der Waals surface area contributed by atoms with Gasteiger partial charge < -0.3 is 30.3 Å². The van der Waals surface area contributed by atoms with E-state index in [0.717, 1.165) is 18.9 Å². The third-order valence-corrected chi connectivity index (χ3v) is 5.74. The molecule has 0 radical (unpaired) electrons. The van der Waals surface area contributed by atoms with E-state index in [4.69, 9.17) is 9.47 Å². The van der Waals surface area contributed by atoms with Crippen molar-refractivity contribution in [3.8, 4) is 17.2 Å². The molecule has 9 nitrogen and oxygen atoms in total. The zero-order valence-electron chi connectivity index (χ0n) is 23.9. The molecule has 0 aliphatic heterocycles. The first-order valence-electron chi connectivity index (χ1n) is 13.7. The Kier molecular flexibility index (Phi) is 13.0. The van der Waals surface area contributed by atoms with Gasteiger partial charge in [0.05, 0.1) is 13.0 Å². The third kappa shape index (κ3) is 12.7. The quantitative estimate of drug-likeness (QED) is 0.0959. The summed E-state index contributed by atoms with van der Waals surface area (Å²) in [6.07, 6.45) is 9.25. The summed E-state index contributed by atoms with van der Waals surface area (Å²) in [5.41, 5.74) is 0.182. The molecule has 218 valence electrons. The lowest BCUT2D eigenvalue weighted by molar-refractivity contribution is -0.156. The van der Waals surface area contributed by atoms with Gasteiger partial charge in [-0.25, -0.2) is 0 Å². The number of ether oxygens (including phenoxy) is 2. The Morgan fingerprint density at radius 1 is 0.925 bits per heavy atom. The fourth-order valence-electron chi connectivity index (χ4n) is 3.73. The van der Waals surface area contributed by atoms with E-state index in [9.17, 15) is 24.6 Å². The number of aromatic hydroxyl groups is 2. The van der Waals surface area contributed by atoms with Crippen molar-refractivity contribution in [1.29, 1.82) is 0 Å². The van der Waals surface area contributed by atoms with Crippen LogP contribution in [0.4, 0.5) is 5.69 Å². The molecular formula is C31H42N2O7. The molecular weight excluding hydrogens is 512 g/mol. The highest BCUT2D eigenvalue weighted by Crippen LogP contribution is 2.25. The van der Waals surface area contributed by atoms with Crippen molar-refractivity contribution in [2.24, 2.45) is 0 Å². The molecule has 9 heteroatoms. The van der Waals surface area contributed by atoms with E-state index in [1.54, 1.807) is 45.0 Å². The van der Waals surface area contributed by atoms with Crippen LogP contribution < -0.4 is 15.4 Å². The summed E-state index contributed by atoms with van der Waals surface area (Å²) < 4.78 is 11.1. The molecule has 0 aliphatic carbocycles. The van der Waals surface area contributed by atoms with Crippen LogP contribution in [0, 0.1) is 0 Å². The largest absolute Gasteiger partial charge is 0.504 e. The number of hydrogen-bond acceptors (Lipinski definition) is 7. The number of unbranched alkanes of at least 4 members (excludes halogenated alkanes) is 5. The first kappa shape index (κ1) is 32.2. The molecule has 0 aliphatic rings. The second kappa shape index (κ2) is 16.2. The van der Waals surface area contributed by atoms with Gasteiger partial charge in [0.15, 0.2) is 11.5 Å². The number of carbonyl (C=O) groups excluding carboxylic acids is 3. The number of phenolic OH excluding ortho intramolecular Hbond substituents is 2. The molecule has 2 rings (SSSR count). The molecule has 2 aromatic carbocycles. The van der Waals surface area contributed by atoms with Crippen molar-refractivity contribution in [3.63, 3.8) is 0 Å². The van der Waals surface area contributed by atoms with Crippen LogP contribution in [0.1, 0.15) is 78.2 Å². The number of esters is 1. The molecule has 0 saturated carbocycles. The zero-order chi connectivity index (χ0) is 29.5. The van der Waals surface area contributed by atoms with Gasteiger partial charge in [-0.3, -0.25) is 14.4 Å². The van der Waals surface area contributed by atoms with Crippen molar-refractivity contribution >= 4 is 29.5 Å². The number of rotatable bonds is 15. The van der Waals surface area contributed by atoms with Gasteiger partial charge in [-0.15, -0.1) is 0 Å². The summed E-state index contributed by atoms with van der Waals surface area (Å²) in [6.45, 7) is 7.96. The fraction of sp³-hybridized carbons (Fsp3) is 0.452. The Hall–Kier alpha value is -4.01. The van der Waals surface area contributed by atoms with Crippen LogP contribution in [0.25, 0.3) is 6.08 Å². The first-order chi connectivity index (χ1) is 19.0. The lowest BCUT2D eigenvalue weighted by atomic mass is 10.1. The number of phenols is 2. The van der Waals surface area contributed by atoms with Crippen molar-refractivity contribution in [2.45, 2.75) is 84.3 Å². The van der Waals surface area contributed by atoms with E-state index in [1.807, 2.05) is 0 Å². The topological polar surface area (TPSA) is 134 Å². The molecule has 1 unspecified atom stereocenters. The molecule has 0 fully saturated rings. The van der Waals surface area contributed by atoms with Gasteiger partial charge in [-0.2, -0.15) is 0 Å². The van der Waals surface area contributed by atoms with E-state index in [-0.39, 0.29) is 17.9 Å². The fourth-order valence-corrected chi connectivity index (χ4v) is 3.73. The molecule has 0 heterocycles. The number of carbonyl (C=O) groups is 3. The maximum atomic E-state index is 13.1. The molecule has 0 saturated heterocycles. The van der Waals surface area contributed by atoms with Gasteiger partial charge in [0.1, 0.15) is 17.4 Å². The van der Waals surface area contributed by atoms with Gasteiger partial charge in [0.2, 0.25) is 11.8 Å². The molecule has 4 N–H and O–H groups in total. The van der Waals surface area contributed by atoms with Gasteiger partial charge in [0, 0.05) is 11.8 Å². The summed E-state index contributed by atoms with van der Waals surface area (Å²) in [6, 6.07) is 9.76. The zero-order valence-corrected chi connectivity index (χ0v) is 23.9.